The average Bonchev–Trinajstić information content (AvgIpc) is 3.76. The Balaban J connectivity index is 0.00000455. The minimum atomic E-state index is -0.0955. The molecule has 57 heavy (non-hydrogen) atoms. The van der Waals surface area contributed by atoms with E-state index in [1.54, 1.807) is 0 Å². The summed E-state index contributed by atoms with van der Waals surface area (Å²) in [7, 11) is 0. The maximum atomic E-state index is 5.01. The molecule has 3 aromatic heterocycles. The van der Waals surface area contributed by atoms with Crippen molar-refractivity contribution in [2.75, 3.05) is 4.90 Å². The van der Waals surface area contributed by atoms with Crippen molar-refractivity contribution in [2.24, 2.45) is 0 Å². The second kappa shape index (κ2) is 15.0. The first-order valence-electron chi connectivity index (χ1n) is 19.5. The van der Waals surface area contributed by atoms with E-state index >= 15 is 0 Å². The van der Waals surface area contributed by atoms with Crippen molar-refractivity contribution in [1.29, 1.82) is 0 Å². The van der Waals surface area contributed by atoms with Crippen LogP contribution in [0.1, 0.15) is 57.2 Å². The molecule has 0 atom stereocenters. The Hall–Kier alpha value is -5.77. The fourth-order valence-corrected chi connectivity index (χ4v) is 8.30. The number of imidazole rings is 1. The molecule has 0 radical (unpaired) electrons. The van der Waals surface area contributed by atoms with Crippen LogP contribution < -0.4 is 4.90 Å². The van der Waals surface area contributed by atoms with Crippen molar-refractivity contribution in [3.05, 3.63) is 175 Å². The average molecular weight is 924 g/mol. The fraction of sp³-hybridized carbons (Fsp3) is 0.176. The molecule has 9 rings (SSSR count). The Bertz CT molecular complexity index is 2910. The Kier molecular flexibility index (Phi) is 10.00. The van der Waals surface area contributed by atoms with Gasteiger partial charge in [-0.15, -0.1) is 29.7 Å². The summed E-state index contributed by atoms with van der Waals surface area (Å²) >= 11 is 0. The van der Waals surface area contributed by atoms with Crippen LogP contribution in [0.2, 0.25) is 0 Å². The standard InChI is InChI=1S/C51H46N5.Pt/c1-34(2)41-20-8-9-21-42(41)37-28-29-52-49(30-37)56-45-23-11-10-22-43(45)44-27-26-40(32-48(44)56)55(50-35(3)16-14-17-36(50)4)39-19-15-18-38(31-39)53-33-54(51(5,6)7)47-25-13-12-24-46(47)53;/h8-30,33-34H,1-7H3;/q-1;. The number of para-hydroxylation sites is 4. The van der Waals surface area contributed by atoms with Gasteiger partial charge in [-0.3, -0.25) is 0 Å². The zero-order chi connectivity index (χ0) is 38.7. The first kappa shape index (κ1) is 38.1. The van der Waals surface area contributed by atoms with Gasteiger partial charge in [0.05, 0.1) is 5.54 Å². The number of aromatic nitrogens is 4. The molecule has 286 valence electrons. The predicted octanol–water partition coefficient (Wildman–Crippen LogP) is 13.4. The van der Waals surface area contributed by atoms with E-state index in [-0.39, 0.29) is 26.6 Å². The molecule has 9 aromatic rings. The van der Waals surface area contributed by atoms with Gasteiger partial charge in [0, 0.05) is 56.3 Å². The summed E-state index contributed by atoms with van der Waals surface area (Å²) < 4.78 is 6.88. The molecule has 0 N–H and O–H groups in total. The third-order valence-corrected chi connectivity index (χ3v) is 11.0. The summed E-state index contributed by atoms with van der Waals surface area (Å²) in [6, 6.07) is 55.5. The number of aryl methyl sites for hydroxylation is 2. The van der Waals surface area contributed by atoms with Gasteiger partial charge in [-0.25, -0.2) is 14.1 Å². The molecule has 6 heteroatoms. The molecule has 0 aliphatic carbocycles. The molecule has 0 aliphatic heterocycles. The van der Waals surface area contributed by atoms with Crippen LogP contribution >= 0.6 is 0 Å². The zero-order valence-corrected chi connectivity index (χ0v) is 35.8. The van der Waals surface area contributed by atoms with Crippen LogP contribution in [0.4, 0.5) is 17.1 Å². The van der Waals surface area contributed by atoms with Gasteiger partial charge in [0.25, 0.3) is 0 Å². The Labute approximate surface area is 350 Å². The summed E-state index contributed by atoms with van der Waals surface area (Å²) in [5.41, 5.74) is 14.3. The topological polar surface area (TPSA) is 30.9 Å². The Morgan fingerprint density at radius 2 is 1.33 bits per heavy atom. The third kappa shape index (κ3) is 6.68. The van der Waals surface area contributed by atoms with E-state index in [1.165, 1.54) is 33.2 Å². The van der Waals surface area contributed by atoms with Gasteiger partial charge >= 0.3 is 0 Å². The second-order valence-electron chi connectivity index (χ2n) is 16.1. The van der Waals surface area contributed by atoms with E-state index in [4.69, 9.17) is 4.98 Å². The second-order valence-corrected chi connectivity index (χ2v) is 16.1. The number of pyridine rings is 1. The largest absolute Gasteiger partial charge is 0.357 e. The van der Waals surface area contributed by atoms with Crippen molar-refractivity contribution in [1.82, 2.24) is 18.7 Å². The van der Waals surface area contributed by atoms with Gasteiger partial charge in [0.15, 0.2) is 17.4 Å². The quantitative estimate of drug-likeness (QED) is 0.149. The normalized spacial score (nSPS) is 11.8. The molecule has 0 aliphatic rings. The van der Waals surface area contributed by atoms with Crippen molar-refractivity contribution >= 4 is 49.9 Å². The molecular formula is C51H46N5Pt-. The molecule has 0 fully saturated rings. The Morgan fingerprint density at radius 3 is 2.09 bits per heavy atom. The molecule has 3 heterocycles. The molecule has 6 aromatic carbocycles. The van der Waals surface area contributed by atoms with Gasteiger partial charge in [-0.1, -0.05) is 97.5 Å². The van der Waals surface area contributed by atoms with E-state index in [0.29, 0.717) is 5.92 Å². The molecule has 0 bridgehead atoms. The fourth-order valence-electron chi connectivity index (χ4n) is 8.30. The third-order valence-electron chi connectivity index (χ3n) is 11.0. The summed E-state index contributed by atoms with van der Waals surface area (Å²) in [5, 5.41) is 2.29. The molecule has 5 nitrogen and oxygen atoms in total. The van der Waals surface area contributed by atoms with Crippen molar-refractivity contribution in [2.45, 2.75) is 59.9 Å². The van der Waals surface area contributed by atoms with Crippen molar-refractivity contribution in [3.63, 3.8) is 0 Å². The van der Waals surface area contributed by atoms with Crippen LogP contribution in [0.3, 0.4) is 0 Å². The van der Waals surface area contributed by atoms with Gasteiger partial charge in [0.2, 0.25) is 0 Å². The van der Waals surface area contributed by atoms with Crippen LogP contribution in [-0.2, 0) is 26.6 Å². The number of anilines is 3. The minimum absolute atomic E-state index is 0. The van der Waals surface area contributed by atoms with E-state index in [1.807, 2.05) is 6.20 Å². The number of hydrogen-bond donors (Lipinski definition) is 0. The number of nitrogens with zero attached hydrogens (tertiary/aromatic N) is 5. The number of rotatable bonds is 7. The summed E-state index contributed by atoms with van der Waals surface area (Å²) in [4.78, 5) is 7.33. The molecular weight excluding hydrogens is 878 g/mol. The molecule has 0 saturated heterocycles. The predicted molar refractivity (Wildman–Crippen MR) is 234 cm³/mol. The van der Waals surface area contributed by atoms with Crippen LogP contribution in [0.25, 0.3) is 55.5 Å². The van der Waals surface area contributed by atoms with Crippen LogP contribution in [0, 0.1) is 26.0 Å². The molecule has 0 saturated carbocycles. The summed E-state index contributed by atoms with van der Waals surface area (Å²) in [5.74, 6) is 1.26. The van der Waals surface area contributed by atoms with Crippen molar-refractivity contribution < 1.29 is 21.1 Å². The molecule has 0 amide bonds. The van der Waals surface area contributed by atoms with Crippen molar-refractivity contribution in [3.8, 4) is 22.6 Å². The molecule has 0 spiro atoms. The van der Waals surface area contributed by atoms with Gasteiger partial charge in [-0.05, 0) is 104 Å². The van der Waals surface area contributed by atoms with E-state index in [9.17, 15) is 0 Å². The van der Waals surface area contributed by atoms with E-state index in [0.717, 1.165) is 56.1 Å². The van der Waals surface area contributed by atoms with Crippen LogP contribution in [0.15, 0.2) is 146 Å². The number of fused-ring (bicyclic) bond motifs is 4. The van der Waals surface area contributed by atoms with Gasteiger partial charge < -0.3 is 9.47 Å². The van der Waals surface area contributed by atoms with E-state index in [2.05, 4.69) is 219 Å². The maximum Gasteiger partial charge on any atom is 0.188 e. The van der Waals surface area contributed by atoms with Gasteiger partial charge in [0.1, 0.15) is 5.82 Å². The minimum Gasteiger partial charge on any atom is -0.357 e. The van der Waals surface area contributed by atoms with Gasteiger partial charge in [-0.2, -0.15) is 12.1 Å². The van der Waals surface area contributed by atoms with E-state index < -0.39 is 0 Å². The van der Waals surface area contributed by atoms with Crippen LogP contribution in [-0.4, -0.2) is 18.7 Å². The smallest absolute Gasteiger partial charge is 0.188 e. The first-order valence-corrected chi connectivity index (χ1v) is 19.5. The monoisotopic (exact) mass is 923 g/mol. The number of hydrogen-bond acceptors (Lipinski definition) is 2. The molecule has 0 unspecified atom stereocenters. The number of benzene rings is 6. The zero-order valence-electron chi connectivity index (χ0n) is 33.5. The maximum absolute atomic E-state index is 5.01. The summed E-state index contributed by atoms with van der Waals surface area (Å²) in [6.07, 6.45) is 4.14. The SMILES string of the molecule is Cc1cccc(C)c1N(c1[c-]c(-n2[cH+]n(C(C)(C)C)c3ccccc32)ccc1)c1[c-]c2c(cc1)c1ccccc1n2-c1cc(-c2ccccc2C(C)C)ccn1.[Pt]. The Morgan fingerprint density at radius 1 is 0.667 bits per heavy atom. The van der Waals surface area contributed by atoms with Crippen LogP contribution in [0.5, 0.6) is 0 Å². The first-order chi connectivity index (χ1) is 27.1. The summed E-state index contributed by atoms with van der Waals surface area (Å²) in [6.45, 7) is 15.6.